The standard InChI is InChI=1S/C12H15BN2O3/c1-9-6-10(8-14)12(11(7-9)13(16)17)15-2-4-18-5-3-15/h6-7,16-17H,2-5H2,1H3. The van der Waals surface area contributed by atoms with Crippen molar-refractivity contribution in [3.8, 4) is 6.07 Å². The lowest BCUT2D eigenvalue weighted by Gasteiger charge is -2.31. The fourth-order valence-electron chi connectivity index (χ4n) is 2.23. The molecule has 0 aromatic heterocycles. The molecule has 1 aromatic carbocycles. The zero-order chi connectivity index (χ0) is 13.1. The van der Waals surface area contributed by atoms with E-state index in [0.717, 1.165) is 5.56 Å². The highest BCUT2D eigenvalue weighted by Crippen LogP contribution is 2.21. The van der Waals surface area contributed by atoms with E-state index in [2.05, 4.69) is 6.07 Å². The molecule has 0 saturated carbocycles. The van der Waals surface area contributed by atoms with Gasteiger partial charge in [-0.2, -0.15) is 5.26 Å². The molecular weight excluding hydrogens is 231 g/mol. The number of hydrogen-bond donors (Lipinski definition) is 2. The van der Waals surface area contributed by atoms with E-state index in [4.69, 9.17) is 4.74 Å². The van der Waals surface area contributed by atoms with Gasteiger partial charge in [-0.05, 0) is 13.0 Å². The van der Waals surface area contributed by atoms with Crippen LogP contribution in [0.15, 0.2) is 12.1 Å². The first-order valence-corrected chi connectivity index (χ1v) is 5.87. The summed E-state index contributed by atoms with van der Waals surface area (Å²) in [6.45, 7) is 4.30. The van der Waals surface area contributed by atoms with Crippen molar-refractivity contribution in [2.45, 2.75) is 6.92 Å². The Morgan fingerprint density at radius 3 is 2.56 bits per heavy atom. The molecule has 0 atom stereocenters. The van der Waals surface area contributed by atoms with E-state index in [1.54, 1.807) is 12.1 Å². The van der Waals surface area contributed by atoms with Gasteiger partial charge in [-0.3, -0.25) is 0 Å². The van der Waals surface area contributed by atoms with Crippen LogP contribution in [0, 0.1) is 18.3 Å². The number of aryl methyl sites for hydroxylation is 1. The van der Waals surface area contributed by atoms with E-state index in [1.807, 2.05) is 11.8 Å². The molecule has 0 amide bonds. The topological polar surface area (TPSA) is 76.7 Å². The summed E-state index contributed by atoms with van der Waals surface area (Å²) in [7, 11) is -1.57. The van der Waals surface area contributed by atoms with Gasteiger partial charge in [0.25, 0.3) is 0 Å². The summed E-state index contributed by atoms with van der Waals surface area (Å²) in [6, 6.07) is 5.59. The Morgan fingerprint density at radius 1 is 1.33 bits per heavy atom. The van der Waals surface area contributed by atoms with Crippen LogP contribution in [0.1, 0.15) is 11.1 Å². The van der Waals surface area contributed by atoms with Crippen molar-refractivity contribution in [2.24, 2.45) is 0 Å². The van der Waals surface area contributed by atoms with Gasteiger partial charge in [-0.1, -0.05) is 11.6 Å². The number of benzene rings is 1. The number of hydrogen-bond acceptors (Lipinski definition) is 5. The molecule has 1 fully saturated rings. The van der Waals surface area contributed by atoms with E-state index in [-0.39, 0.29) is 0 Å². The van der Waals surface area contributed by atoms with E-state index >= 15 is 0 Å². The summed E-state index contributed by atoms with van der Waals surface area (Å²) in [6.07, 6.45) is 0. The van der Waals surface area contributed by atoms with Crippen molar-refractivity contribution < 1.29 is 14.8 Å². The molecule has 94 valence electrons. The average molecular weight is 246 g/mol. The van der Waals surface area contributed by atoms with Crippen molar-refractivity contribution in [3.05, 3.63) is 23.3 Å². The fraction of sp³-hybridized carbons (Fsp3) is 0.417. The van der Waals surface area contributed by atoms with E-state index in [1.165, 1.54) is 0 Å². The number of rotatable bonds is 2. The monoisotopic (exact) mass is 246 g/mol. The lowest BCUT2D eigenvalue weighted by atomic mass is 9.76. The van der Waals surface area contributed by atoms with Gasteiger partial charge in [0.2, 0.25) is 0 Å². The smallest absolute Gasteiger partial charge is 0.423 e. The van der Waals surface area contributed by atoms with Gasteiger partial charge >= 0.3 is 7.12 Å². The maximum Gasteiger partial charge on any atom is 0.490 e. The van der Waals surface area contributed by atoms with E-state index in [0.29, 0.717) is 43.0 Å². The highest BCUT2D eigenvalue weighted by Gasteiger charge is 2.24. The summed E-state index contributed by atoms with van der Waals surface area (Å²) in [5, 5.41) is 28.1. The minimum Gasteiger partial charge on any atom is -0.423 e. The first-order chi connectivity index (χ1) is 8.63. The van der Waals surface area contributed by atoms with Crippen LogP contribution in [0.25, 0.3) is 0 Å². The van der Waals surface area contributed by atoms with Gasteiger partial charge in [0.1, 0.15) is 6.07 Å². The zero-order valence-corrected chi connectivity index (χ0v) is 10.3. The molecule has 2 rings (SSSR count). The van der Waals surface area contributed by atoms with Crippen LogP contribution in [0.2, 0.25) is 0 Å². The van der Waals surface area contributed by atoms with Gasteiger partial charge in [0.15, 0.2) is 0 Å². The molecule has 0 spiro atoms. The second kappa shape index (κ2) is 5.40. The van der Waals surface area contributed by atoms with E-state index < -0.39 is 7.12 Å². The third kappa shape index (κ3) is 2.48. The van der Waals surface area contributed by atoms with Crippen molar-refractivity contribution in [1.29, 1.82) is 5.26 Å². The number of morpholine rings is 1. The maximum atomic E-state index is 9.47. The Balaban J connectivity index is 2.51. The van der Waals surface area contributed by atoms with Crippen LogP contribution < -0.4 is 10.4 Å². The second-order valence-electron chi connectivity index (χ2n) is 4.34. The van der Waals surface area contributed by atoms with Crippen LogP contribution in [-0.2, 0) is 4.74 Å². The highest BCUT2D eigenvalue weighted by molar-refractivity contribution is 6.60. The Bertz CT molecular complexity index is 479. The summed E-state index contributed by atoms with van der Waals surface area (Å²) in [5.41, 5.74) is 2.31. The third-order valence-corrected chi connectivity index (χ3v) is 3.01. The maximum absolute atomic E-state index is 9.47. The molecule has 2 N–H and O–H groups in total. The first kappa shape index (κ1) is 12.9. The summed E-state index contributed by atoms with van der Waals surface area (Å²) < 4.78 is 5.27. The predicted octanol–water partition coefficient (Wildman–Crippen LogP) is -0.617. The molecule has 18 heavy (non-hydrogen) atoms. The summed E-state index contributed by atoms with van der Waals surface area (Å²) in [5.74, 6) is 0. The molecule has 6 heteroatoms. The number of ether oxygens (including phenoxy) is 1. The van der Waals surface area contributed by atoms with Gasteiger partial charge < -0.3 is 19.7 Å². The van der Waals surface area contributed by atoms with Crippen LogP contribution in [0.5, 0.6) is 0 Å². The zero-order valence-electron chi connectivity index (χ0n) is 10.3. The second-order valence-corrected chi connectivity index (χ2v) is 4.34. The highest BCUT2D eigenvalue weighted by atomic mass is 16.5. The largest absolute Gasteiger partial charge is 0.490 e. The number of nitrogens with zero attached hydrogens (tertiary/aromatic N) is 2. The molecule has 1 saturated heterocycles. The number of nitriles is 1. The Kier molecular flexibility index (Phi) is 3.87. The van der Waals surface area contributed by atoms with Gasteiger partial charge in [0, 0.05) is 18.6 Å². The molecule has 0 radical (unpaired) electrons. The number of anilines is 1. The predicted molar refractivity (Wildman–Crippen MR) is 68.8 cm³/mol. The lowest BCUT2D eigenvalue weighted by molar-refractivity contribution is 0.122. The quantitative estimate of drug-likeness (QED) is 0.680. The Labute approximate surface area is 106 Å². The van der Waals surface area contributed by atoms with Crippen molar-refractivity contribution in [2.75, 3.05) is 31.2 Å². The third-order valence-electron chi connectivity index (χ3n) is 3.01. The van der Waals surface area contributed by atoms with Gasteiger partial charge in [-0.15, -0.1) is 0 Å². The van der Waals surface area contributed by atoms with Crippen LogP contribution in [0.4, 0.5) is 5.69 Å². The average Bonchev–Trinajstić information content (AvgIpc) is 2.38. The van der Waals surface area contributed by atoms with Crippen molar-refractivity contribution >= 4 is 18.3 Å². The molecule has 1 aliphatic heterocycles. The van der Waals surface area contributed by atoms with Crippen LogP contribution >= 0.6 is 0 Å². The molecule has 0 aliphatic carbocycles. The molecule has 1 aliphatic rings. The molecule has 0 unspecified atom stereocenters. The van der Waals surface area contributed by atoms with E-state index in [9.17, 15) is 15.3 Å². The molecule has 0 bridgehead atoms. The Hall–Kier alpha value is -1.55. The first-order valence-electron chi connectivity index (χ1n) is 5.87. The van der Waals surface area contributed by atoms with Crippen molar-refractivity contribution in [1.82, 2.24) is 0 Å². The van der Waals surface area contributed by atoms with Gasteiger partial charge in [0.05, 0.1) is 24.5 Å². The Morgan fingerprint density at radius 2 is 2.00 bits per heavy atom. The van der Waals surface area contributed by atoms with Crippen LogP contribution in [0.3, 0.4) is 0 Å². The summed E-state index contributed by atoms with van der Waals surface area (Å²) >= 11 is 0. The fourth-order valence-corrected chi connectivity index (χ4v) is 2.23. The SMILES string of the molecule is Cc1cc(C#N)c(N2CCOCC2)c(B(O)O)c1. The molecule has 1 heterocycles. The minimum atomic E-state index is -1.57. The molecular formula is C12H15BN2O3. The van der Waals surface area contributed by atoms with Gasteiger partial charge in [-0.25, -0.2) is 0 Å². The lowest BCUT2D eigenvalue weighted by Crippen LogP contribution is -2.43. The normalized spacial score (nSPS) is 15.3. The van der Waals surface area contributed by atoms with Crippen LogP contribution in [-0.4, -0.2) is 43.5 Å². The molecule has 5 nitrogen and oxygen atoms in total. The molecule has 1 aromatic rings. The van der Waals surface area contributed by atoms with Crippen molar-refractivity contribution in [3.63, 3.8) is 0 Å². The minimum absolute atomic E-state index is 0.383. The summed E-state index contributed by atoms with van der Waals surface area (Å²) in [4.78, 5) is 1.97.